The van der Waals surface area contributed by atoms with E-state index in [0.29, 0.717) is 35.3 Å². The van der Waals surface area contributed by atoms with Crippen LogP contribution in [0.2, 0.25) is 5.02 Å². The van der Waals surface area contributed by atoms with Gasteiger partial charge in [-0.25, -0.2) is 13.6 Å². The standard InChI is InChI=1S/C20H21ClN2O5S/c1-13(15-4-6-16(7-5-15)29(22,25)26)23(2)19(24)8-3-14-11-17(21)20-18(12-14)27-9-10-28-20/h3-8,11-13H,9-10H2,1-2H3,(H2,22,25,26)/b8-3+/t13-/m1/s1. The molecule has 0 aliphatic carbocycles. The average molecular weight is 437 g/mol. The van der Waals surface area contributed by atoms with Gasteiger partial charge in [0.25, 0.3) is 0 Å². The molecular formula is C20H21ClN2O5S. The molecule has 2 aromatic rings. The first-order valence-corrected chi connectivity index (χ1v) is 10.8. The Balaban J connectivity index is 1.72. The fourth-order valence-corrected chi connectivity index (χ4v) is 3.65. The zero-order chi connectivity index (χ0) is 21.2. The van der Waals surface area contributed by atoms with E-state index in [1.165, 1.54) is 18.2 Å². The Hall–Kier alpha value is -2.55. The highest BCUT2D eigenvalue weighted by Crippen LogP contribution is 2.38. The van der Waals surface area contributed by atoms with Gasteiger partial charge in [-0.05, 0) is 48.4 Å². The van der Waals surface area contributed by atoms with E-state index in [4.69, 9.17) is 26.2 Å². The van der Waals surface area contributed by atoms with E-state index in [-0.39, 0.29) is 16.8 Å². The second-order valence-electron chi connectivity index (χ2n) is 6.60. The highest BCUT2D eigenvalue weighted by molar-refractivity contribution is 7.89. The molecule has 2 aromatic carbocycles. The third-order valence-corrected chi connectivity index (χ3v) is 5.87. The van der Waals surface area contributed by atoms with Crippen LogP contribution in [0.15, 0.2) is 47.4 Å². The predicted octanol–water partition coefficient (Wildman–Crippen LogP) is 2.99. The second-order valence-corrected chi connectivity index (χ2v) is 8.57. The number of hydrogen-bond donors (Lipinski definition) is 1. The zero-order valence-corrected chi connectivity index (χ0v) is 17.5. The minimum Gasteiger partial charge on any atom is -0.486 e. The monoisotopic (exact) mass is 436 g/mol. The molecule has 29 heavy (non-hydrogen) atoms. The molecule has 1 heterocycles. The minimum atomic E-state index is -3.75. The Morgan fingerprint density at radius 3 is 2.52 bits per heavy atom. The summed E-state index contributed by atoms with van der Waals surface area (Å²) in [5, 5.41) is 5.53. The molecule has 0 bridgehead atoms. The number of sulfonamides is 1. The molecule has 0 spiro atoms. The number of primary sulfonamides is 1. The molecule has 1 amide bonds. The number of nitrogens with two attached hydrogens (primary N) is 1. The highest BCUT2D eigenvalue weighted by atomic mass is 35.5. The summed E-state index contributed by atoms with van der Waals surface area (Å²) in [5.74, 6) is 0.835. The topological polar surface area (TPSA) is 98.9 Å². The number of likely N-dealkylation sites (N-methyl/N-ethyl adjacent to an activating group) is 1. The Morgan fingerprint density at radius 1 is 1.21 bits per heavy atom. The number of amides is 1. The molecule has 0 unspecified atom stereocenters. The van der Waals surface area contributed by atoms with Crippen molar-refractivity contribution < 1.29 is 22.7 Å². The Kier molecular flexibility index (Phi) is 6.16. The third kappa shape index (κ3) is 4.90. The number of halogens is 1. The summed E-state index contributed by atoms with van der Waals surface area (Å²) in [6.45, 7) is 2.74. The molecule has 154 valence electrons. The molecule has 1 aliphatic heterocycles. The van der Waals surface area contributed by atoms with Crippen molar-refractivity contribution in [3.8, 4) is 11.5 Å². The van der Waals surface area contributed by atoms with Crippen LogP contribution < -0.4 is 14.6 Å². The summed E-state index contributed by atoms with van der Waals surface area (Å²) in [4.78, 5) is 14.1. The Morgan fingerprint density at radius 2 is 1.86 bits per heavy atom. The van der Waals surface area contributed by atoms with E-state index in [2.05, 4.69) is 0 Å². The van der Waals surface area contributed by atoms with E-state index in [1.54, 1.807) is 42.3 Å². The second kappa shape index (κ2) is 8.44. The van der Waals surface area contributed by atoms with Crippen LogP contribution in [-0.2, 0) is 14.8 Å². The fraction of sp³-hybridized carbons (Fsp3) is 0.250. The van der Waals surface area contributed by atoms with Crippen molar-refractivity contribution in [2.24, 2.45) is 5.14 Å². The molecule has 0 saturated carbocycles. The van der Waals surface area contributed by atoms with Gasteiger partial charge in [0, 0.05) is 13.1 Å². The van der Waals surface area contributed by atoms with Crippen LogP contribution in [0.3, 0.4) is 0 Å². The fourth-order valence-electron chi connectivity index (χ4n) is 2.86. The molecule has 0 saturated heterocycles. The zero-order valence-electron chi connectivity index (χ0n) is 16.0. The summed E-state index contributed by atoms with van der Waals surface area (Å²) in [5.41, 5.74) is 1.50. The molecular weight excluding hydrogens is 416 g/mol. The van der Waals surface area contributed by atoms with Crippen LogP contribution in [0, 0.1) is 0 Å². The van der Waals surface area contributed by atoms with Crippen molar-refractivity contribution in [1.29, 1.82) is 0 Å². The van der Waals surface area contributed by atoms with Gasteiger partial charge in [-0.3, -0.25) is 4.79 Å². The quantitative estimate of drug-likeness (QED) is 0.726. The predicted molar refractivity (Wildman–Crippen MR) is 110 cm³/mol. The van der Waals surface area contributed by atoms with Gasteiger partial charge in [0.05, 0.1) is 16.0 Å². The largest absolute Gasteiger partial charge is 0.486 e. The van der Waals surface area contributed by atoms with Crippen LogP contribution in [0.4, 0.5) is 0 Å². The number of ether oxygens (including phenoxy) is 2. The van der Waals surface area contributed by atoms with Gasteiger partial charge in [-0.15, -0.1) is 0 Å². The molecule has 2 N–H and O–H groups in total. The van der Waals surface area contributed by atoms with Crippen molar-refractivity contribution in [3.05, 3.63) is 58.6 Å². The minimum absolute atomic E-state index is 0.0258. The number of rotatable bonds is 5. The summed E-state index contributed by atoms with van der Waals surface area (Å²) in [7, 11) is -2.08. The lowest BCUT2D eigenvalue weighted by Crippen LogP contribution is -2.28. The van der Waals surface area contributed by atoms with Gasteiger partial charge >= 0.3 is 0 Å². The van der Waals surface area contributed by atoms with Crippen LogP contribution >= 0.6 is 11.6 Å². The van der Waals surface area contributed by atoms with Crippen LogP contribution in [0.25, 0.3) is 6.08 Å². The maximum absolute atomic E-state index is 12.6. The lowest BCUT2D eigenvalue weighted by Gasteiger charge is -2.24. The molecule has 3 rings (SSSR count). The molecule has 0 radical (unpaired) electrons. The van der Waals surface area contributed by atoms with Crippen molar-refractivity contribution in [1.82, 2.24) is 4.90 Å². The maximum Gasteiger partial charge on any atom is 0.246 e. The smallest absolute Gasteiger partial charge is 0.246 e. The maximum atomic E-state index is 12.6. The van der Waals surface area contributed by atoms with Gasteiger partial charge in [-0.2, -0.15) is 0 Å². The van der Waals surface area contributed by atoms with Crippen LogP contribution in [0.5, 0.6) is 11.5 Å². The molecule has 0 fully saturated rings. The summed E-state index contributed by atoms with van der Waals surface area (Å²) in [6.07, 6.45) is 3.09. The van der Waals surface area contributed by atoms with Gasteiger partial charge in [0.15, 0.2) is 11.5 Å². The average Bonchev–Trinajstić information content (AvgIpc) is 2.70. The van der Waals surface area contributed by atoms with Gasteiger partial charge in [0.2, 0.25) is 15.9 Å². The van der Waals surface area contributed by atoms with Crippen LogP contribution in [0.1, 0.15) is 24.1 Å². The molecule has 9 heteroatoms. The summed E-state index contributed by atoms with van der Waals surface area (Å²) >= 11 is 6.21. The number of carbonyl (C=O) groups excluding carboxylic acids is 1. The number of nitrogens with zero attached hydrogens (tertiary/aromatic N) is 1. The Labute approximate surface area is 174 Å². The van der Waals surface area contributed by atoms with E-state index < -0.39 is 10.0 Å². The van der Waals surface area contributed by atoms with Gasteiger partial charge < -0.3 is 14.4 Å². The SMILES string of the molecule is C[C@H](c1ccc(S(N)(=O)=O)cc1)N(C)C(=O)/C=C/c1cc(Cl)c2c(c1)OCCO2. The molecule has 1 atom stereocenters. The number of hydrogen-bond acceptors (Lipinski definition) is 5. The first-order valence-electron chi connectivity index (χ1n) is 8.83. The normalized spacial score (nSPS) is 14.6. The first kappa shape index (κ1) is 21.2. The molecule has 0 aromatic heterocycles. The van der Waals surface area contributed by atoms with Gasteiger partial charge in [-0.1, -0.05) is 23.7 Å². The first-order chi connectivity index (χ1) is 13.7. The van der Waals surface area contributed by atoms with E-state index >= 15 is 0 Å². The van der Waals surface area contributed by atoms with E-state index in [9.17, 15) is 13.2 Å². The third-order valence-electron chi connectivity index (χ3n) is 4.66. The lowest BCUT2D eigenvalue weighted by atomic mass is 10.1. The molecule has 1 aliphatic rings. The summed E-state index contributed by atoms with van der Waals surface area (Å²) < 4.78 is 33.8. The van der Waals surface area contributed by atoms with Crippen molar-refractivity contribution in [2.45, 2.75) is 17.9 Å². The van der Waals surface area contributed by atoms with E-state index in [1.807, 2.05) is 6.92 Å². The highest BCUT2D eigenvalue weighted by Gasteiger charge is 2.18. The molecule has 7 nitrogen and oxygen atoms in total. The number of fused-ring (bicyclic) bond motifs is 1. The van der Waals surface area contributed by atoms with Crippen LogP contribution in [-0.4, -0.2) is 39.5 Å². The summed E-state index contributed by atoms with van der Waals surface area (Å²) in [6, 6.07) is 9.31. The number of carbonyl (C=O) groups is 1. The number of benzene rings is 2. The van der Waals surface area contributed by atoms with Crippen molar-refractivity contribution in [2.75, 3.05) is 20.3 Å². The van der Waals surface area contributed by atoms with Gasteiger partial charge in [0.1, 0.15) is 13.2 Å². The van der Waals surface area contributed by atoms with E-state index in [0.717, 1.165) is 5.56 Å². The van der Waals surface area contributed by atoms with Crippen molar-refractivity contribution in [3.63, 3.8) is 0 Å². The Bertz CT molecular complexity index is 1050. The lowest BCUT2D eigenvalue weighted by molar-refractivity contribution is -0.126. The van der Waals surface area contributed by atoms with Crippen molar-refractivity contribution >= 4 is 33.6 Å².